The molecule has 6 nitrogen and oxygen atoms in total. The van der Waals surface area contributed by atoms with Crippen LogP contribution in [0.25, 0.3) is 0 Å². The van der Waals surface area contributed by atoms with Gasteiger partial charge in [0.25, 0.3) is 5.91 Å². The quantitative estimate of drug-likeness (QED) is 0.782. The lowest BCUT2D eigenvalue weighted by Gasteiger charge is -2.25. The van der Waals surface area contributed by atoms with E-state index < -0.39 is 24.0 Å². The fourth-order valence-corrected chi connectivity index (χ4v) is 2.82. The summed E-state index contributed by atoms with van der Waals surface area (Å²) in [6.45, 7) is 0.636. The number of nitrogens with one attached hydrogen (secondary N) is 2. The van der Waals surface area contributed by atoms with E-state index in [0.29, 0.717) is 24.9 Å². The van der Waals surface area contributed by atoms with Gasteiger partial charge in [0.1, 0.15) is 6.04 Å². The first-order chi connectivity index (χ1) is 10.6. The Morgan fingerprint density at radius 1 is 1.23 bits per heavy atom. The highest BCUT2D eigenvalue weighted by molar-refractivity contribution is 5.96. The summed E-state index contributed by atoms with van der Waals surface area (Å²) in [4.78, 5) is 36.1. The molecule has 1 aromatic rings. The van der Waals surface area contributed by atoms with Gasteiger partial charge >= 0.3 is 5.97 Å². The molecule has 0 unspecified atom stereocenters. The van der Waals surface area contributed by atoms with Crippen LogP contribution in [-0.4, -0.2) is 36.5 Å². The third-order valence-electron chi connectivity index (χ3n) is 4.04. The fourth-order valence-electron chi connectivity index (χ4n) is 2.82. The second-order valence-corrected chi connectivity index (χ2v) is 5.60. The van der Waals surface area contributed by atoms with Gasteiger partial charge < -0.3 is 15.4 Å². The second kappa shape index (κ2) is 6.17. The topological polar surface area (TPSA) is 84.5 Å². The van der Waals surface area contributed by atoms with Crippen LogP contribution in [0.4, 0.5) is 0 Å². The largest absolute Gasteiger partial charge is 0.448 e. The van der Waals surface area contributed by atoms with Crippen molar-refractivity contribution >= 4 is 17.8 Å². The summed E-state index contributed by atoms with van der Waals surface area (Å²) in [5, 5.41) is 5.47. The SMILES string of the molecule is O=C1O[C@H](C(=O)N[C@@H]2CCCCNC2=O)Cc2ccccc21. The summed E-state index contributed by atoms with van der Waals surface area (Å²) in [6, 6.07) is 6.53. The van der Waals surface area contributed by atoms with Crippen LogP contribution < -0.4 is 10.6 Å². The van der Waals surface area contributed by atoms with Crippen molar-refractivity contribution in [1.82, 2.24) is 10.6 Å². The normalized spacial score (nSPS) is 24.5. The molecular weight excluding hydrogens is 284 g/mol. The Bertz CT molecular complexity index is 614. The number of rotatable bonds is 2. The van der Waals surface area contributed by atoms with E-state index in [0.717, 1.165) is 18.4 Å². The first kappa shape index (κ1) is 14.6. The Hall–Kier alpha value is -2.37. The van der Waals surface area contributed by atoms with Gasteiger partial charge in [-0.15, -0.1) is 0 Å². The molecule has 0 bridgehead atoms. The Kier molecular flexibility index (Phi) is 4.09. The molecule has 2 amide bonds. The minimum absolute atomic E-state index is 0.173. The summed E-state index contributed by atoms with van der Waals surface area (Å²) in [7, 11) is 0. The minimum Gasteiger partial charge on any atom is -0.448 e. The molecule has 1 fully saturated rings. The van der Waals surface area contributed by atoms with E-state index in [4.69, 9.17) is 4.74 Å². The molecule has 2 atom stereocenters. The Labute approximate surface area is 128 Å². The van der Waals surface area contributed by atoms with Crippen LogP contribution in [0.2, 0.25) is 0 Å². The average molecular weight is 302 g/mol. The lowest BCUT2D eigenvalue weighted by molar-refractivity contribution is -0.134. The van der Waals surface area contributed by atoms with Crippen molar-refractivity contribution < 1.29 is 19.1 Å². The molecule has 0 aromatic heterocycles. The zero-order valence-corrected chi connectivity index (χ0v) is 12.1. The number of cyclic esters (lactones) is 1. The van der Waals surface area contributed by atoms with Gasteiger partial charge in [0.15, 0.2) is 6.10 Å². The number of carbonyl (C=O) groups excluding carboxylic acids is 3. The zero-order valence-electron chi connectivity index (χ0n) is 12.1. The maximum atomic E-state index is 12.3. The molecule has 0 saturated carbocycles. The molecule has 3 rings (SSSR count). The molecule has 22 heavy (non-hydrogen) atoms. The third-order valence-corrected chi connectivity index (χ3v) is 4.04. The smallest absolute Gasteiger partial charge is 0.339 e. The monoisotopic (exact) mass is 302 g/mol. The second-order valence-electron chi connectivity index (χ2n) is 5.60. The number of fused-ring (bicyclic) bond motifs is 1. The van der Waals surface area contributed by atoms with Crippen LogP contribution in [0.3, 0.4) is 0 Å². The molecule has 1 aromatic carbocycles. The van der Waals surface area contributed by atoms with Crippen molar-refractivity contribution in [3.05, 3.63) is 35.4 Å². The molecule has 0 spiro atoms. The van der Waals surface area contributed by atoms with Crippen molar-refractivity contribution in [2.24, 2.45) is 0 Å². The summed E-state index contributed by atoms with van der Waals surface area (Å²) < 4.78 is 5.20. The van der Waals surface area contributed by atoms with Crippen LogP contribution in [-0.2, 0) is 20.7 Å². The molecule has 2 heterocycles. The van der Waals surface area contributed by atoms with E-state index in [1.54, 1.807) is 12.1 Å². The highest BCUT2D eigenvalue weighted by atomic mass is 16.5. The predicted molar refractivity (Wildman–Crippen MR) is 78.1 cm³/mol. The number of esters is 1. The van der Waals surface area contributed by atoms with Gasteiger partial charge in [0, 0.05) is 13.0 Å². The molecule has 0 radical (unpaired) electrons. The molecule has 2 aliphatic rings. The molecule has 116 valence electrons. The summed E-state index contributed by atoms with van der Waals surface area (Å²) >= 11 is 0. The summed E-state index contributed by atoms with van der Waals surface area (Å²) in [5.74, 6) is -1.08. The average Bonchev–Trinajstić information content (AvgIpc) is 2.72. The lowest BCUT2D eigenvalue weighted by Crippen LogP contribution is -2.50. The maximum Gasteiger partial charge on any atom is 0.339 e. The molecule has 2 N–H and O–H groups in total. The number of benzene rings is 1. The number of amides is 2. The first-order valence-corrected chi connectivity index (χ1v) is 7.52. The Morgan fingerprint density at radius 2 is 2.05 bits per heavy atom. The lowest BCUT2D eigenvalue weighted by atomic mass is 9.98. The van der Waals surface area contributed by atoms with Crippen LogP contribution >= 0.6 is 0 Å². The van der Waals surface area contributed by atoms with E-state index in [1.807, 2.05) is 12.1 Å². The third kappa shape index (κ3) is 2.95. The summed E-state index contributed by atoms with van der Waals surface area (Å²) in [6.07, 6.45) is 1.84. The van der Waals surface area contributed by atoms with Crippen LogP contribution in [0.15, 0.2) is 24.3 Å². The standard InChI is InChI=1S/C16H18N2O4/c19-14-12(7-3-4-8-17-14)18-15(20)13-9-10-5-1-2-6-11(10)16(21)22-13/h1-2,5-6,12-13H,3-4,7-9H2,(H,17,19)(H,18,20)/t12-,13+/m1/s1. The Morgan fingerprint density at radius 3 is 2.91 bits per heavy atom. The highest BCUT2D eigenvalue weighted by Gasteiger charge is 2.33. The number of hydrogen-bond donors (Lipinski definition) is 2. The van der Waals surface area contributed by atoms with Crippen LogP contribution in [0.1, 0.15) is 35.2 Å². The van der Waals surface area contributed by atoms with E-state index in [-0.39, 0.29) is 5.91 Å². The van der Waals surface area contributed by atoms with Gasteiger partial charge in [-0.2, -0.15) is 0 Å². The molecule has 1 saturated heterocycles. The molecule has 6 heteroatoms. The van der Waals surface area contributed by atoms with E-state index in [9.17, 15) is 14.4 Å². The zero-order chi connectivity index (χ0) is 15.5. The number of carbonyl (C=O) groups is 3. The highest BCUT2D eigenvalue weighted by Crippen LogP contribution is 2.20. The Balaban J connectivity index is 1.68. The molecular formula is C16H18N2O4. The van der Waals surface area contributed by atoms with Gasteiger partial charge in [-0.1, -0.05) is 18.2 Å². The predicted octanol–water partition coefficient (Wildman–Crippen LogP) is 0.553. The molecule has 2 aliphatic heterocycles. The first-order valence-electron chi connectivity index (χ1n) is 7.52. The van der Waals surface area contributed by atoms with Crippen molar-refractivity contribution in [2.75, 3.05) is 6.54 Å². The van der Waals surface area contributed by atoms with Crippen molar-refractivity contribution in [3.8, 4) is 0 Å². The maximum absolute atomic E-state index is 12.3. The fraction of sp³-hybridized carbons (Fsp3) is 0.438. The van der Waals surface area contributed by atoms with Crippen molar-refractivity contribution in [1.29, 1.82) is 0 Å². The van der Waals surface area contributed by atoms with Gasteiger partial charge in [0.05, 0.1) is 5.56 Å². The van der Waals surface area contributed by atoms with Crippen molar-refractivity contribution in [2.45, 2.75) is 37.8 Å². The number of hydrogen-bond acceptors (Lipinski definition) is 4. The van der Waals surface area contributed by atoms with Crippen LogP contribution in [0, 0.1) is 0 Å². The van der Waals surface area contributed by atoms with Crippen LogP contribution in [0.5, 0.6) is 0 Å². The van der Waals surface area contributed by atoms with E-state index in [1.165, 1.54) is 0 Å². The van der Waals surface area contributed by atoms with Crippen molar-refractivity contribution in [3.63, 3.8) is 0 Å². The van der Waals surface area contributed by atoms with Gasteiger partial charge in [0.2, 0.25) is 5.91 Å². The minimum atomic E-state index is -0.876. The van der Waals surface area contributed by atoms with Gasteiger partial charge in [-0.3, -0.25) is 9.59 Å². The van der Waals surface area contributed by atoms with Gasteiger partial charge in [-0.25, -0.2) is 4.79 Å². The van der Waals surface area contributed by atoms with E-state index in [2.05, 4.69) is 10.6 Å². The van der Waals surface area contributed by atoms with E-state index >= 15 is 0 Å². The number of ether oxygens (including phenoxy) is 1. The summed E-state index contributed by atoms with van der Waals surface area (Å²) in [5.41, 5.74) is 1.29. The van der Waals surface area contributed by atoms with Gasteiger partial charge in [-0.05, 0) is 30.9 Å². The molecule has 0 aliphatic carbocycles.